The van der Waals surface area contributed by atoms with E-state index in [-0.39, 0.29) is 18.2 Å². The summed E-state index contributed by atoms with van der Waals surface area (Å²) >= 11 is 1.65. The van der Waals surface area contributed by atoms with Crippen molar-refractivity contribution in [3.63, 3.8) is 0 Å². The zero-order valence-electron chi connectivity index (χ0n) is 13.5. The first-order valence-corrected chi connectivity index (χ1v) is 9.59. The first kappa shape index (κ1) is 16.7. The van der Waals surface area contributed by atoms with Crippen LogP contribution in [0.1, 0.15) is 43.4 Å². The van der Waals surface area contributed by atoms with Gasteiger partial charge >= 0.3 is 6.03 Å². The number of urea groups is 1. The second-order valence-corrected chi connectivity index (χ2v) is 7.67. The molecule has 1 aromatic rings. The Morgan fingerprint density at radius 1 is 1.26 bits per heavy atom. The number of aliphatic hydroxyl groups excluding tert-OH is 1. The number of carbonyl (C=O) groups is 1. The molecule has 0 aromatic carbocycles. The Balaban J connectivity index is 1.37. The third-order valence-electron chi connectivity index (χ3n) is 5.03. The van der Waals surface area contributed by atoms with Crippen LogP contribution in [0.5, 0.6) is 0 Å². The molecule has 2 amide bonds. The minimum Gasteiger partial charge on any atom is -0.391 e. The fraction of sp³-hybridized carbons (Fsp3) is 0.706. The Morgan fingerprint density at radius 2 is 2.04 bits per heavy atom. The largest absolute Gasteiger partial charge is 0.391 e. The van der Waals surface area contributed by atoms with Gasteiger partial charge in [0.25, 0.3) is 0 Å². The molecule has 2 fully saturated rings. The van der Waals surface area contributed by atoms with E-state index in [0.29, 0.717) is 12.6 Å². The van der Waals surface area contributed by atoms with Gasteiger partial charge in [0, 0.05) is 30.1 Å². The van der Waals surface area contributed by atoms with Crippen molar-refractivity contribution in [3.05, 3.63) is 22.4 Å². The van der Waals surface area contributed by atoms with Crippen molar-refractivity contribution in [1.29, 1.82) is 0 Å². The average Bonchev–Trinajstić information content (AvgIpc) is 3.08. The van der Waals surface area contributed by atoms with E-state index >= 15 is 0 Å². The number of rotatable bonds is 4. The third-order valence-corrected chi connectivity index (χ3v) is 5.91. The lowest BCUT2D eigenvalue weighted by atomic mass is 9.89. The minimum absolute atomic E-state index is 0.0745. The van der Waals surface area contributed by atoms with Crippen LogP contribution in [0.2, 0.25) is 0 Å². The van der Waals surface area contributed by atoms with Crippen molar-refractivity contribution in [3.8, 4) is 0 Å². The normalized spacial score (nSPS) is 26.8. The lowest BCUT2D eigenvalue weighted by molar-refractivity contribution is 0.00777. The van der Waals surface area contributed by atoms with Gasteiger partial charge in [0.2, 0.25) is 0 Å². The van der Waals surface area contributed by atoms with Gasteiger partial charge in [-0.2, -0.15) is 0 Å². The molecule has 0 radical (unpaired) electrons. The third kappa shape index (κ3) is 4.68. The van der Waals surface area contributed by atoms with Gasteiger partial charge in [-0.25, -0.2) is 4.79 Å². The zero-order chi connectivity index (χ0) is 16.1. The Bertz CT molecular complexity index is 486. The highest BCUT2D eigenvalue weighted by molar-refractivity contribution is 7.09. The molecule has 1 aliphatic carbocycles. The number of likely N-dealkylation sites (tertiary alicyclic amines) is 1. The van der Waals surface area contributed by atoms with Crippen LogP contribution in [0.3, 0.4) is 0 Å². The summed E-state index contributed by atoms with van der Waals surface area (Å²) in [6.45, 7) is 2.53. The van der Waals surface area contributed by atoms with Crippen LogP contribution in [0, 0.1) is 0 Å². The van der Waals surface area contributed by atoms with E-state index in [1.54, 1.807) is 11.3 Å². The van der Waals surface area contributed by atoms with Crippen molar-refractivity contribution >= 4 is 17.4 Å². The second kappa shape index (κ2) is 8.13. The van der Waals surface area contributed by atoms with Gasteiger partial charge in [-0.1, -0.05) is 18.9 Å². The van der Waals surface area contributed by atoms with Crippen LogP contribution in [-0.4, -0.2) is 47.3 Å². The van der Waals surface area contributed by atoms with Crippen molar-refractivity contribution in [2.24, 2.45) is 0 Å². The standard InChI is InChI=1S/C17H27N3O2S/c21-16-6-2-1-5-15(16)20-9-7-13(8-10-20)19-17(22)18-12-14-4-3-11-23-14/h3-4,11,13,15-16,21H,1-2,5-10,12H2,(H2,18,19,22). The summed E-state index contributed by atoms with van der Waals surface area (Å²) in [4.78, 5) is 15.6. The monoisotopic (exact) mass is 337 g/mol. The Morgan fingerprint density at radius 3 is 2.74 bits per heavy atom. The number of hydrogen-bond donors (Lipinski definition) is 3. The first-order valence-electron chi connectivity index (χ1n) is 8.71. The van der Waals surface area contributed by atoms with Gasteiger partial charge in [0.05, 0.1) is 12.6 Å². The predicted octanol–water partition coefficient (Wildman–Crippen LogP) is 2.32. The lowest BCUT2D eigenvalue weighted by Crippen LogP contribution is -2.53. The molecule has 128 valence electrons. The summed E-state index contributed by atoms with van der Waals surface area (Å²) in [5, 5.41) is 18.2. The fourth-order valence-corrected chi connectivity index (χ4v) is 4.35. The highest BCUT2D eigenvalue weighted by Gasteiger charge is 2.31. The SMILES string of the molecule is O=C(NCc1cccs1)NC1CCN(C2CCCCC2O)CC1. The van der Waals surface area contributed by atoms with Crippen molar-refractivity contribution < 1.29 is 9.90 Å². The minimum atomic E-state index is -0.164. The molecule has 3 rings (SSSR count). The van der Waals surface area contributed by atoms with E-state index in [0.717, 1.165) is 45.2 Å². The molecule has 5 nitrogen and oxygen atoms in total. The van der Waals surface area contributed by atoms with E-state index in [9.17, 15) is 9.90 Å². The molecule has 2 unspecified atom stereocenters. The summed E-state index contributed by atoms with van der Waals surface area (Å²) < 4.78 is 0. The highest BCUT2D eigenvalue weighted by Crippen LogP contribution is 2.25. The molecule has 2 atom stereocenters. The van der Waals surface area contributed by atoms with Crippen LogP contribution in [0.4, 0.5) is 4.79 Å². The molecule has 1 aromatic heterocycles. The molecule has 0 bridgehead atoms. The smallest absolute Gasteiger partial charge is 0.315 e. The number of piperidine rings is 1. The number of nitrogens with one attached hydrogen (secondary N) is 2. The summed E-state index contributed by atoms with van der Waals surface area (Å²) in [6.07, 6.45) is 6.20. The Hall–Kier alpha value is -1.11. The quantitative estimate of drug-likeness (QED) is 0.790. The van der Waals surface area contributed by atoms with Crippen molar-refractivity contribution in [2.75, 3.05) is 13.1 Å². The molecule has 2 aliphatic rings. The predicted molar refractivity (Wildman–Crippen MR) is 92.5 cm³/mol. The molecule has 1 saturated carbocycles. The first-order chi connectivity index (χ1) is 11.2. The van der Waals surface area contributed by atoms with Crippen molar-refractivity contribution in [2.45, 2.75) is 63.3 Å². The van der Waals surface area contributed by atoms with Crippen LogP contribution >= 0.6 is 11.3 Å². The van der Waals surface area contributed by atoms with Gasteiger partial charge in [-0.05, 0) is 37.1 Å². The number of aliphatic hydroxyl groups is 1. The maximum Gasteiger partial charge on any atom is 0.315 e. The van der Waals surface area contributed by atoms with Crippen LogP contribution in [-0.2, 0) is 6.54 Å². The molecular formula is C17H27N3O2S. The van der Waals surface area contributed by atoms with E-state index in [2.05, 4.69) is 15.5 Å². The molecule has 1 aliphatic heterocycles. The topological polar surface area (TPSA) is 64.6 Å². The van der Waals surface area contributed by atoms with Crippen LogP contribution in [0.15, 0.2) is 17.5 Å². The molecule has 6 heteroatoms. The lowest BCUT2D eigenvalue weighted by Gasteiger charge is -2.41. The van der Waals surface area contributed by atoms with Gasteiger partial charge in [0.15, 0.2) is 0 Å². The van der Waals surface area contributed by atoms with Gasteiger partial charge < -0.3 is 15.7 Å². The fourth-order valence-electron chi connectivity index (χ4n) is 3.71. The van der Waals surface area contributed by atoms with Gasteiger partial charge in [0.1, 0.15) is 0 Å². The van der Waals surface area contributed by atoms with Crippen LogP contribution < -0.4 is 10.6 Å². The second-order valence-electron chi connectivity index (χ2n) is 6.64. The summed E-state index contributed by atoms with van der Waals surface area (Å²) in [5.74, 6) is 0. The zero-order valence-corrected chi connectivity index (χ0v) is 14.4. The molecular weight excluding hydrogens is 310 g/mol. The number of hydrogen-bond acceptors (Lipinski definition) is 4. The molecule has 0 spiro atoms. The summed E-state index contributed by atoms with van der Waals surface area (Å²) in [7, 11) is 0. The number of thiophene rings is 1. The maximum atomic E-state index is 12.0. The Labute approximate surface area is 142 Å². The van der Waals surface area contributed by atoms with E-state index in [1.807, 2.05) is 17.5 Å². The maximum absolute atomic E-state index is 12.0. The molecule has 3 N–H and O–H groups in total. The van der Waals surface area contributed by atoms with Crippen molar-refractivity contribution in [1.82, 2.24) is 15.5 Å². The van der Waals surface area contributed by atoms with E-state index in [1.165, 1.54) is 11.3 Å². The molecule has 2 heterocycles. The van der Waals surface area contributed by atoms with E-state index < -0.39 is 0 Å². The summed E-state index contributed by atoms with van der Waals surface area (Å²) in [6, 6.07) is 4.52. The molecule has 23 heavy (non-hydrogen) atoms. The van der Waals surface area contributed by atoms with Gasteiger partial charge in [-0.15, -0.1) is 11.3 Å². The average molecular weight is 337 g/mol. The van der Waals surface area contributed by atoms with Gasteiger partial charge in [-0.3, -0.25) is 4.90 Å². The number of nitrogens with zero attached hydrogens (tertiary/aromatic N) is 1. The van der Waals surface area contributed by atoms with E-state index in [4.69, 9.17) is 0 Å². The number of carbonyl (C=O) groups excluding carboxylic acids is 1. The van der Waals surface area contributed by atoms with Crippen LogP contribution in [0.25, 0.3) is 0 Å². The molecule has 1 saturated heterocycles. The summed E-state index contributed by atoms with van der Waals surface area (Å²) in [5.41, 5.74) is 0. The Kier molecular flexibility index (Phi) is 5.91. The highest BCUT2D eigenvalue weighted by atomic mass is 32.1. The number of amides is 2.